The lowest BCUT2D eigenvalue weighted by molar-refractivity contribution is 0.332. The van der Waals surface area contributed by atoms with Crippen LogP contribution in [0.25, 0.3) is 0 Å². The molecule has 0 radical (unpaired) electrons. The molecule has 0 saturated carbocycles. The number of allylic oxidation sites excluding steroid dienone is 2. The molecule has 0 bridgehead atoms. The lowest BCUT2D eigenvalue weighted by Crippen LogP contribution is -2.24. The number of rotatable bonds is 11. The van der Waals surface area contributed by atoms with Crippen LogP contribution in [0, 0.1) is 5.41 Å². The van der Waals surface area contributed by atoms with Crippen molar-refractivity contribution in [2.24, 2.45) is 5.90 Å². The molecule has 4 rings (SSSR count). The van der Waals surface area contributed by atoms with E-state index in [-0.39, 0.29) is 30.1 Å². The quantitative estimate of drug-likeness (QED) is 0.201. The standard InChI is InChI=1S/C23H26N4O6S4/c24-17(15-22-26(11-5-13-36(28,29)30)18-7-1-3-9-20(18)34-22)16-23-27(12-6-14-37(31,32)33-25)19-8-2-4-10-21(19)35-23/h1-4,7-10,15-16,24H,5-6,11-14,25H2,(H,28,29,30)/b22-15-,23-16-,24-17?. The summed E-state index contributed by atoms with van der Waals surface area (Å²) in [5.41, 5.74) is 2.08. The average Bonchev–Trinajstić information content (AvgIpc) is 3.36. The van der Waals surface area contributed by atoms with Gasteiger partial charge in [-0.3, -0.25) is 4.55 Å². The van der Waals surface area contributed by atoms with Crippen molar-refractivity contribution in [2.75, 3.05) is 34.4 Å². The van der Waals surface area contributed by atoms with Crippen LogP contribution >= 0.6 is 23.5 Å². The summed E-state index contributed by atoms with van der Waals surface area (Å²) in [6.45, 7) is 0.758. The maximum Gasteiger partial charge on any atom is 0.283 e. The highest BCUT2D eigenvalue weighted by Crippen LogP contribution is 2.47. The summed E-state index contributed by atoms with van der Waals surface area (Å²) in [6.07, 6.45) is 3.96. The highest BCUT2D eigenvalue weighted by atomic mass is 32.2. The van der Waals surface area contributed by atoms with Gasteiger partial charge in [0.25, 0.3) is 20.2 Å². The lowest BCUT2D eigenvalue weighted by atomic mass is 10.2. The highest BCUT2D eigenvalue weighted by molar-refractivity contribution is 8.04. The summed E-state index contributed by atoms with van der Waals surface area (Å²) in [7, 11) is -7.85. The van der Waals surface area contributed by atoms with E-state index in [0.717, 1.165) is 31.2 Å². The number of anilines is 2. The van der Waals surface area contributed by atoms with E-state index in [4.69, 9.17) is 15.9 Å². The SMILES string of the molecule is N=C(/C=C1\Sc2ccccc2N1CCCS(=O)(=O)O)/C=C1\Sc2ccccc2N1CCCS(=O)(=O)ON. The molecule has 4 N–H and O–H groups in total. The first-order valence-corrected chi connectivity index (χ1v) is 16.1. The number of hydrogen-bond acceptors (Lipinski definition) is 11. The first kappa shape index (κ1) is 27.7. The second-order valence-corrected chi connectivity index (χ2v) is 13.6. The molecule has 2 heterocycles. The van der Waals surface area contributed by atoms with Gasteiger partial charge in [0.1, 0.15) is 0 Å². The second kappa shape index (κ2) is 11.6. The first-order valence-electron chi connectivity index (χ1n) is 11.2. The third-order valence-electron chi connectivity index (χ3n) is 5.54. The highest BCUT2D eigenvalue weighted by Gasteiger charge is 2.27. The minimum atomic E-state index is -4.07. The molecule has 0 spiro atoms. The fourth-order valence-electron chi connectivity index (χ4n) is 3.94. The number of hydrogen-bond donors (Lipinski definition) is 3. The Morgan fingerprint density at radius 3 is 1.78 bits per heavy atom. The van der Waals surface area contributed by atoms with Crippen molar-refractivity contribution in [1.82, 2.24) is 0 Å². The van der Waals surface area contributed by atoms with Crippen molar-refractivity contribution >= 4 is 60.8 Å². The zero-order valence-corrected chi connectivity index (χ0v) is 22.9. The second-order valence-electron chi connectivity index (χ2n) is 8.21. The van der Waals surface area contributed by atoms with E-state index in [0.29, 0.717) is 13.1 Å². The number of nitrogens with zero attached hydrogens (tertiary/aromatic N) is 2. The predicted octanol–water partition coefficient (Wildman–Crippen LogP) is 3.80. The van der Waals surface area contributed by atoms with Gasteiger partial charge in [0.15, 0.2) is 0 Å². The molecule has 2 aliphatic rings. The van der Waals surface area contributed by atoms with Crippen LogP contribution < -0.4 is 15.7 Å². The van der Waals surface area contributed by atoms with E-state index >= 15 is 0 Å². The molecule has 0 saturated heterocycles. The Morgan fingerprint density at radius 2 is 1.32 bits per heavy atom. The Bertz CT molecular complexity index is 1460. The summed E-state index contributed by atoms with van der Waals surface area (Å²) < 4.78 is 58.9. The van der Waals surface area contributed by atoms with Crippen molar-refractivity contribution in [3.63, 3.8) is 0 Å². The minimum Gasteiger partial charge on any atom is -0.335 e. The molecule has 2 aromatic carbocycles. The topological polar surface area (TPSA) is 154 Å². The molecule has 2 aliphatic heterocycles. The largest absolute Gasteiger partial charge is 0.335 e. The number of thioether (sulfide) groups is 2. The average molecular weight is 583 g/mol. The zero-order chi connectivity index (χ0) is 26.6. The van der Waals surface area contributed by atoms with Gasteiger partial charge in [-0.25, -0.2) is 0 Å². The van der Waals surface area contributed by atoms with Gasteiger partial charge in [-0.15, -0.1) is 0 Å². The van der Waals surface area contributed by atoms with Crippen LogP contribution in [-0.4, -0.2) is 51.7 Å². The van der Waals surface area contributed by atoms with E-state index < -0.39 is 20.2 Å². The maximum atomic E-state index is 11.6. The third kappa shape index (κ3) is 7.16. The van der Waals surface area contributed by atoms with E-state index in [9.17, 15) is 16.8 Å². The molecule has 0 atom stereocenters. The van der Waals surface area contributed by atoms with Gasteiger partial charge < -0.3 is 15.2 Å². The number of fused-ring (bicyclic) bond motifs is 2. The van der Waals surface area contributed by atoms with Gasteiger partial charge in [-0.05, 0) is 49.3 Å². The number of benzene rings is 2. The summed E-state index contributed by atoms with van der Waals surface area (Å²) >= 11 is 2.98. The summed E-state index contributed by atoms with van der Waals surface area (Å²) in [5.74, 6) is 4.27. The molecule has 0 aliphatic carbocycles. The molecule has 0 fully saturated rings. The van der Waals surface area contributed by atoms with Gasteiger partial charge in [0.2, 0.25) is 0 Å². The molecule has 2 aromatic rings. The molecule has 37 heavy (non-hydrogen) atoms. The number of nitrogens with one attached hydrogen (secondary N) is 1. The van der Waals surface area contributed by atoms with E-state index in [2.05, 4.69) is 4.28 Å². The normalized spacial score (nSPS) is 17.5. The Hall–Kier alpha value is -2.33. The van der Waals surface area contributed by atoms with Crippen molar-refractivity contribution in [1.29, 1.82) is 5.41 Å². The van der Waals surface area contributed by atoms with Crippen LogP contribution in [0.15, 0.2) is 80.5 Å². The van der Waals surface area contributed by atoms with E-state index in [1.807, 2.05) is 58.3 Å². The van der Waals surface area contributed by atoms with Crippen LogP contribution in [0.3, 0.4) is 0 Å². The lowest BCUT2D eigenvalue weighted by Gasteiger charge is -2.21. The van der Waals surface area contributed by atoms with Crippen LogP contribution in [-0.2, 0) is 24.5 Å². The molecule has 0 unspecified atom stereocenters. The minimum absolute atomic E-state index is 0.227. The van der Waals surface area contributed by atoms with Crippen LogP contribution in [0.4, 0.5) is 11.4 Å². The Kier molecular flexibility index (Phi) is 8.68. The van der Waals surface area contributed by atoms with Gasteiger partial charge in [0.05, 0.1) is 38.7 Å². The summed E-state index contributed by atoms with van der Waals surface area (Å²) in [4.78, 5) is 5.92. The van der Waals surface area contributed by atoms with Crippen molar-refractivity contribution in [2.45, 2.75) is 22.6 Å². The molecule has 0 amide bonds. The number of nitrogens with two attached hydrogens (primary N) is 1. The van der Waals surface area contributed by atoms with Crippen molar-refractivity contribution in [3.05, 3.63) is 70.7 Å². The fraction of sp³-hybridized carbons (Fsp3) is 0.261. The van der Waals surface area contributed by atoms with Gasteiger partial charge >= 0.3 is 0 Å². The fourth-order valence-corrected chi connectivity index (χ4v) is 7.30. The predicted molar refractivity (Wildman–Crippen MR) is 148 cm³/mol. The molecule has 198 valence electrons. The van der Waals surface area contributed by atoms with Gasteiger partial charge in [0, 0.05) is 22.9 Å². The van der Waals surface area contributed by atoms with Crippen molar-refractivity contribution < 1.29 is 25.7 Å². The Labute approximate surface area is 224 Å². The van der Waals surface area contributed by atoms with Crippen LogP contribution in [0.5, 0.6) is 0 Å². The van der Waals surface area contributed by atoms with Crippen LogP contribution in [0.1, 0.15) is 12.8 Å². The van der Waals surface area contributed by atoms with Gasteiger partial charge in [-0.2, -0.15) is 27.0 Å². The van der Waals surface area contributed by atoms with E-state index in [1.54, 1.807) is 12.2 Å². The molecular weight excluding hydrogens is 557 g/mol. The number of para-hydroxylation sites is 2. The van der Waals surface area contributed by atoms with E-state index in [1.165, 1.54) is 23.5 Å². The first-order chi connectivity index (χ1) is 17.6. The Balaban J connectivity index is 1.55. The maximum absolute atomic E-state index is 11.6. The van der Waals surface area contributed by atoms with Crippen LogP contribution in [0.2, 0.25) is 0 Å². The molecule has 10 nitrogen and oxygen atoms in total. The summed E-state index contributed by atoms with van der Waals surface area (Å²) in [6, 6.07) is 15.4. The molecule has 14 heteroatoms. The molecule has 0 aromatic heterocycles. The Morgan fingerprint density at radius 1 is 0.865 bits per heavy atom. The smallest absolute Gasteiger partial charge is 0.283 e. The van der Waals surface area contributed by atoms with Crippen molar-refractivity contribution in [3.8, 4) is 0 Å². The third-order valence-corrected chi connectivity index (χ3v) is 9.65. The monoisotopic (exact) mass is 582 g/mol. The summed E-state index contributed by atoms with van der Waals surface area (Å²) in [5, 5.41) is 10.3. The zero-order valence-electron chi connectivity index (χ0n) is 19.6. The van der Waals surface area contributed by atoms with Gasteiger partial charge in [-0.1, -0.05) is 47.8 Å². The molecular formula is C23H26N4O6S4.